The Kier molecular flexibility index (Phi) is 5.99. The summed E-state index contributed by atoms with van der Waals surface area (Å²) in [5.74, 6) is -0.257. The number of methoxy groups -OCH3 is 1. The minimum absolute atomic E-state index is 0.0621. The van der Waals surface area contributed by atoms with E-state index in [1.807, 2.05) is 24.3 Å². The highest BCUT2D eigenvalue weighted by Crippen LogP contribution is 2.28. The summed E-state index contributed by atoms with van der Waals surface area (Å²) in [5, 5.41) is 2.80. The molecule has 2 aliphatic heterocycles. The Hall–Kier alpha value is -2.93. The first-order valence-corrected chi connectivity index (χ1v) is 10.3. The summed E-state index contributed by atoms with van der Waals surface area (Å²) in [7, 11) is 1.49. The smallest absolute Gasteiger partial charge is 0.321 e. The quantitative estimate of drug-likeness (QED) is 0.740. The lowest BCUT2D eigenvalue weighted by atomic mass is 9.89. The zero-order valence-corrected chi connectivity index (χ0v) is 17.1. The second-order valence-electron chi connectivity index (χ2n) is 7.83. The molecular formula is C23H26FN3O3. The molecule has 7 heteroatoms. The van der Waals surface area contributed by atoms with Crippen LogP contribution < -0.4 is 15.0 Å². The summed E-state index contributed by atoms with van der Waals surface area (Å²) in [5.41, 5.74) is 2.34. The van der Waals surface area contributed by atoms with Crippen molar-refractivity contribution >= 4 is 17.5 Å². The van der Waals surface area contributed by atoms with Gasteiger partial charge in [0.2, 0.25) is 0 Å². The molecule has 0 aromatic heterocycles. The summed E-state index contributed by atoms with van der Waals surface area (Å²) < 4.78 is 19.0. The fourth-order valence-electron chi connectivity index (χ4n) is 4.26. The minimum Gasteiger partial charge on any atom is -0.496 e. The van der Waals surface area contributed by atoms with Crippen molar-refractivity contribution < 1.29 is 18.7 Å². The number of nitrogens with zero attached hydrogens (tertiary/aromatic N) is 2. The first-order chi connectivity index (χ1) is 14.5. The van der Waals surface area contributed by atoms with E-state index in [-0.39, 0.29) is 17.7 Å². The molecule has 0 aliphatic carbocycles. The van der Waals surface area contributed by atoms with Crippen molar-refractivity contribution in [2.24, 2.45) is 5.92 Å². The third-order valence-electron chi connectivity index (χ3n) is 5.81. The third kappa shape index (κ3) is 4.31. The molecule has 2 amide bonds. The number of hydrogen-bond donors (Lipinski definition) is 1. The summed E-state index contributed by atoms with van der Waals surface area (Å²) >= 11 is 0. The van der Waals surface area contributed by atoms with Crippen LogP contribution in [0.1, 0.15) is 28.8 Å². The first-order valence-electron chi connectivity index (χ1n) is 10.3. The topological polar surface area (TPSA) is 61.9 Å². The van der Waals surface area contributed by atoms with E-state index >= 15 is 0 Å². The minimum atomic E-state index is -0.432. The zero-order chi connectivity index (χ0) is 21.1. The van der Waals surface area contributed by atoms with Crippen LogP contribution in [0.2, 0.25) is 0 Å². The van der Waals surface area contributed by atoms with Crippen molar-refractivity contribution in [3.63, 3.8) is 0 Å². The van der Waals surface area contributed by atoms with Gasteiger partial charge in [-0.05, 0) is 55.3 Å². The number of nitrogens with one attached hydrogen (secondary N) is 1. The van der Waals surface area contributed by atoms with E-state index in [0.717, 1.165) is 37.2 Å². The van der Waals surface area contributed by atoms with Crippen LogP contribution in [0.3, 0.4) is 0 Å². The average molecular weight is 411 g/mol. The third-order valence-corrected chi connectivity index (χ3v) is 5.81. The van der Waals surface area contributed by atoms with Crippen molar-refractivity contribution in [1.82, 2.24) is 10.2 Å². The summed E-state index contributed by atoms with van der Waals surface area (Å²) in [6.45, 7) is 3.63. The molecule has 2 aromatic carbocycles. The van der Waals surface area contributed by atoms with Gasteiger partial charge in [-0.15, -0.1) is 0 Å². The summed E-state index contributed by atoms with van der Waals surface area (Å²) in [6.07, 6.45) is 1.71. The van der Waals surface area contributed by atoms with Crippen LogP contribution in [0.5, 0.6) is 5.75 Å². The Morgan fingerprint density at radius 3 is 2.70 bits per heavy atom. The second-order valence-corrected chi connectivity index (χ2v) is 7.83. The average Bonchev–Trinajstić information content (AvgIpc) is 3.20. The maximum absolute atomic E-state index is 13.7. The SMILES string of the molecule is COc1ccc(F)cc1C(=O)[C@@H]1CCCN(Cc2ccc(N3CCNC3=O)cc2)C1. The number of anilines is 1. The van der Waals surface area contributed by atoms with Crippen molar-refractivity contribution in [2.45, 2.75) is 19.4 Å². The lowest BCUT2D eigenvalue weighted by Gasteiger charge is -2.32. The molecule has 158 valence electrons. The normalized spacial score (nSPS) is 19.6. The van der Waals surface area contributed by atoms with Gasteiger partial charge >= 0.3 is 6.03 Å². The van der Waals surface area contributed by atoms with Crippen molar-refractivity contribution in [2.75, 3.05) is 38.2 Å². The molecule has 4 rings (SSSR count). The maximum Gasteiger partial charge on any atom is 0.321 e. The van der Waals surface area contributed by atoms with Gasteiger partial charge in [0.1, 0.15) is 11.6 Å². The highest BCUT2D eigenvalue weighted by Gasteiger charge is 2.29. The van der Waals surface area contributed by atoms with E-state index in [4.69, 9.17) is 4.74 Å². The zero-order valence-electron chi connectivity index (χ0n) is 17.1. The van der Waals surface area contributed by atoms with E-state index in [2.05, 4.69) is 10.2 Å². The number of benzene rings is 2. The van der Waals surface area contributed by atoms with Gasteiger partial charge in [0.15, 0.2) is 5.78 Å². The molecule has 0 saturated carbocycles. The molecule has 0 spiro atoms. The van der Waals surface area contributed by atoms with Gasteiger partial charge in [0.05, 0.1) is 12.7 Å². The number of likely N-dealkylation sites (tertiary alicyclic amines) is 1. The standard InChI is InChI=1S/C23H26FN3O3/c1-30-21-9-6-18(24)13-20(21)22(28)17-3-2-11-26(15-17)14-16-4-7-19(8-5-16)27-12-10-25-23(27)29/h4-9,13,17H,2-3,10-12,14-15H2,1H3,(H,25,29)/t17-/m1/s1. The fourth-order valence-corrected chi connectivity index (χ4v) is 4.26. The number of halogens is 1. The number of ether oxygens (including phenoxy) is 1. The van der Waals surface area contributed by atoms with E-state index in [0.29, 0.717) is 30.9 Å². The van der Waals surface area contributed by atoms with Crippen LogP contribution in [-0.2, 0) is 6.54 Å². The Bertz CT molecular complexity index is 932. The molecule has 0 unspecified atom stereocenters. The van der Waals surface area contributed by atoms with Crippen molar-refractivity contribution in [3.8, 4) is 5.75 Å². The maximum atomic E-state index is 13.7. The van der Waals surface area contributed by atoms with Crippen molar-refractivity contribution in [3.05, 3.63) is 59.4 Å². The molecule has 1 N–H and O–H groups in total. The van der Waals surface area contributed by atoms with Gasteiger partial charge in [-0.2, -0.15) is 0 Å². The molecule has 30 heavy (non-hydrogen) atoms. The number of ketones is 1. The number of hydrogen-bond acceptors (Lipinski definition) is 4. The Morgan fingerprint density at radius 2 is 2.00 bits per heavy atom. The predicted octanol–water partition coefficient (Wildman–Crippen LogP) is 3.46. The number of piperidine rings is 1. The number of rotatable bonds is 6. The van der Waals surface area contributed by atoms with E-state index in [1.54, 1.807) is 4.90 Å². The van der Waals surface area contributed by atoms with Crippen LogP contribution in [-0.4, -0.2) is 50.0 Å². The van der Waals surface area contributed by atoms with Gasteiger partial charge in [-0.25, -0.2) is 9.18 Å². The molecule has 2 saturated heterocycles. The van der Waals surface area contributed by atoms with E-state index in [1.165, 1.54) is 25.3 Å². The monoisotopic (exact) mass is 411 g/mol. The molecule has 2 heterocycles. The largest absolute Gasteiger partial charge is 0.496 e. The van der Waals surface area contributed by atoms with E-state index < -0.39 is 5.82 Å². The molecule has 0 bridgehead atoms. The highest BCUT2D eigenvalue weighted by atomic mass is 19.1. The summed E-state index contributed by atoms with van der Waals surface area (Å²) in [6, 6.07) is 12.0. The molecule has 2 fully saturated rings. The molecule has 1 atom stereocenters. The van der Waals surface area contributed by atoms with Crippen LogP contribution in [0.15, 0.2) is 42.5 Å². The van der Waals surface area contributed by atoms with Crippen molar-refractivity contribution in [1.29, 1.82) is 0 Å². The van der Waals surface area contributed by atoms with Crippen LogP contribution in [0.25, 0.3) is 0 Å². The number of urea groups is 1. The Morgan fingerprint density at radius 1 is 1.20 bits per heavy atom. The first kappa shape index (κ1) is 20.3. The van der Waals surface area contributed by atoms with Gasteiger partial charge in [-0.1, -0.05) is 12.1 Å². The van der Waals surface area contributed by atoms with Gasteiger partial charge in [0.25, 0.3) is 0 Å². The Balaban J connectivity index is 1.41. The van der Waals surface area contributed by atoms with E-state index in [9.17, 15) is 14.0 Å². The number of amides is 2. The molecule has 2 aliphatic rings. The summed E-state index contributed by atoms with van der Waals surface area (Å²) in [4.78, 5) is 28.8. The second kappa shape index (κ2) is 8.83. The lowest BCUT2D eigenvalue weighted by molar-refractivity contribution is 0.0808. The van der Waals surface area contributed by atoms with Crippen LogP contribution in [0, 0.1) is 11.7 Å². The highest BCUT2D eigenvalue weighted by molar-refractivity contribution is 6.00. The van der Waals surface area contributed by atoms with Gasteiger partial charge in [0, 0.05) is 37.8 Å². The predicted molar refractivity (Wildman–Crippen MR) is 112 cm³/mol. The lowest BCUT2D eigenvalue weighted by Crippen LogP contribution is -2.38. The number of Topliss-reactive ketones (excluding diaryl/α,β-unsaturated/α-hetero) is 1. The van der Waals surface area contributed by atoms with Gasteiger partial charge < -0.3 is 10.1 Å². The Labute approximate surface area is 175 Å². The van der Waals surface area contributed by atoms with Gasteiger partial charge in [-0.3, -0.25) is 14.6 Å². The number of carbonyl (C=O) groups excluding carboxylic acids is 2. The molecule has 6 nitrogen and oxygen atoms in total. The number of carbonyl (C=O) groups is 2. The molecule has 2 aromatic rings. The molecule has 0 radical (unpaired) electrons. The van der Waals surface area contributed by atoms with Crippen LogP contribution >= 0.6 is 0 Å². The molecular weight excluding hydrogens is 385 g/mol. The van der Waals surface area contributed by atoms with Crippen LogP contribution in [0.4, 0.5) is 14.9 Å². The fraction of sp³-hybridized carbons (Fsp3) is 0.391.